The van der Waals surface area contributed by atoms with Crippen molar-refractivity contribution in [2.45, 2.75) is 19.4 Å². The van der Waals surface area contributed by atoms with E-state index in [1.807, 2.05) is 11.4 Å². The zero-order valence-corrected chi connectivity index (χ0v) is 14.0. The first-order valence-corrected chi connectivity index (χ1v) is 8.17. The SMILES string of the molecule is CC(O)c1cc(F)ccc1-c1nscc1Cc1cc(C#N)nn1C. The molecule has 0 fully saturated rings. The van der Waals surface area contributed by atoms with Gasteiger partial charge in [-0.3, -0.25) is 4.68 Å². The molecule has 0 saturated carbocycles. The Hall–Kier alpha value is -2.56. The van der Waals surface area contributed by atoms with Crippen LogP contribution in [0.4, 0.5) is 4.39 Å². The minimum atomic E-state index is -0.799. The van der Waals surface area contributed by atoms with Gasteiger partial charge in [-0.2, -0.15) is 14.7 Å². The van der Waals surface area contributed by atoms with Crippen molar-refractivity contribution in [1.82, 2.24) is 14.2 Å². The summed E-state index contributed by atoms with van der Waals surface area (Å²) < 4.78 is 19.6. The zero-order chi connectivity index (χ0) is 17.3. The second-order valence-corrected chi connectivity index (χ2v) is 6.16. The molecule has 2 aromatic heterocycles. The predicted molar refractivity (Wildman–Crippen MR) is 88.9 cm³/mol. The fraction of sp³-hybridized carbons (Fsp3) is 0.235. The maximum absolute atomic E-state index is 13.5. The van der Waals surface area contributed by atoms with Gasteiger partial charge in [0, 0.05) is 30.1 Å². The van der Waals surface area contributed by atoms with Crippen LogP contribution >= 0.6 is 11.5 Å². The molecule has 0 saturated heterocycles. The Kier molecular flexibility index (Phi) is 4.42. The number of hydrogen-bond donors (Lipinski definition) is 1. The maximum atomic E-state index is 13.5. The van der Waals surface area contributed by atoms with Crippen molar-refractivity contribution in [3.63, 3.8) is 0 Å². The largest absolute Gasteiger partial charge is 0.389 e. The second kappa shape index (κ2) is 6.51. The van der Waals surface area contributed by atoms with Gasteiger partial charge in [-0.1, -0.05) is 0 Å². The van der Waals surface area contributed by atoms with E-state index < -0.39 is 11.9 Å². The van der Waals surface area contributed by atoms with Crippen molar-refractivity contribution < 1.29 is 9.50 Å². The molecule has 1 aromatic carbocycles. The molecule has 0 bridgehead atoms. The minimum absolute atomic E-state index is 0.365. The van der Waals surface area contributed by atoms with Crippen LogP contribution in [0.5, 0.6) is 0 Å². The zero-order valence-electron chi connectivity index (χ0n) is 13.2. The molecule has 7 heteroatoms. The summed E-state index contributed by atoms with van der Waals surface area (Å²) in [7, 11) is 1.79. The predicted octanol–water partition coefficient (Wildman–Crippen LogP) is 3.20. The molecule has 24 heavy (non-hydrogen) atoms. The topological polar surface area (TPSA) is 74.7 Å². The summed E-state index contributed by atoms with van der Waals surface area (Å²) in [6, 6.07) is 8.10. The van der Waals surface area contributed by atoms with Gasteiger partial charge in [-0.15, -0.1) is 0 Å². The highest BCUT2D eigenvalue weighted by Gasteiger charge is 2.17. The highest BCUT2D eigenvalue weighted by atomic mass is 32.1. The summed E-state index contributed by atoms with van der Waals surface area (Å²) >= 11 is 1.30. The average molecular weight is 342 g/mol. The fourth-order valence-corrected chi connectivity index (χ4v) is 3.32. The van der Waals surface area contributed by atoms with Crippen LogP contribution in [0.3, 0.4) is 0 Å². The first kappa shape index (κ1) is 16.3. The number of halogens is 1. The van der Waals surface area contributed by atoms with E-state index in [2.05, 4.69) is 9.47 Å². The standard InChI is InChI=1S/C17H15FN4OS/c1-10(23)16-6-12(18)3-4-15(16)17-11(9-24-21-17)5-14-7-13(8-19)20-22(14)2/h3-4,6-7,9-10,23H,5H2,1-2H3. The smallest absolute Gasteiger partial charge is 0.162 e. The quantitative estimate of drug-likeness (QED) is 0.790. The lowest BCUT2D eigenvalue weighted by Crippen LogP contribution is -2.01. The lowest BCUT2D eigenvalue weighted by molar-refractivity contribution is 0.199. The molecule has 0 spiro atoms. The summed E-state index contributed by atoms with van der Waals surface area (Å²) in [5.41, 5.74) is 4.13. The molecule has 2 heterocycles. The molecule has 3 rings (SSSR count). The first-order valence-electron chi connectivity index (χ1n) is 7.33. The van der Waals surface area contributed by atoms with Crippen LogP contribution in [-0.2, 0) is 13.5 Å². The van der Waals surface area contributed by atoms with Crippen molar-refractivity contribution in [2.24, 2.45) is 7.05 Å². The Morgan fingerprint density at radius 1 is 1.42 bits per heavy atom. The van der Waals surface area contributed by atoms with Crippen molar-refractivity contribution in [1.29, 1.82) is 5.26 Å². The van der Waals surface area contributed by atoms with E-state index in [-0.39, 0.29) is 0 Å². The Morgan fingerprint density at radius 3 is 2.88 bits per heavy atom. The minimum Gasteiger partial charge on any atom is -0.389 e. The lowest BCUT2D eigenvalue weighted by Gasteiger charge is -2.12. The molecular formula is C17H15FN4OS. The number of aliphatic hydroxyl groups is 1. The van der Waals surface area contributed by atoms with E-state index in [4.69, 9.17) is 5.26 Å². The van der Waals surface area contributed by atoms with Crippen LogP contribution in [0.1, 0.15) is 35.5 Å². The van der Waals surface area contributed by atoms with Crippen LogP contribution in [0.25, 0.3) is 11.3 Å². The second-order valence-electron chi connectivity index (χ2n) is 5.53. The van der Waals surface area contributed by atoms with Gasteiger partial charge in [-0.25, -0.2) is 4.39 Å². The van der Waals surface area contributed by atoms with Crippen LogP contribution < -0.4 is 0 Å². The molecule has 3 aromatic rings. The summed E-state index contributed by atoms with van der Waals surface area (Å²) in [5.74, 6) is -0.392. The number of hydrogen-bond acceptors (Lipinski definition) is 5. The van der Waals surface area contributed by atoms with Crippen LogP contribution in [0.15, 0.2) is 29.6 Å². The van der Waals surface area contributed by atoms with E-state index in [1.165, 1.54) is 23.7 Å². The molecule has 122 valence electrons. The van der Waals surface area contributed by atoms with Crippen LogP contribution in [-0.4, -0.2) is 19.3 Å². The Labute approximate surface area is 142 Å². The van der Waals surface area contributed by atoms with E-state index in [1.54, 1.807) is 30.8 Å². The third-order valence-corrected chi connectivity index (χ3v) is 4.50. The summed E-state index contributed by atoms with van der Waals surface area (Å²) in [5, 5.41) is 24.9. The van der Waals surface area contributed by atoms with Crippen molar-refractivity contribution in [3.8, 4) is 17.3 Å². The Morgan fingerprint density at radius 2 is 2.21 bits per heavy atom. The normalized spacial score (nSPS) is 12.1. The van der Waals surface area contributed by atoms with Crippen molar-refractivity contribution >= 4 is 11.5 Å². The number of aryl methyl sites for hydroxylation is 1. The van der Waals surface area contributed by atoms with Gasteiger partial charge in [-0.05, 0) is 53.8 Å². The van der Waals surface area contributed by atoms with Gasteiger partial charge in [0.1, 0.15) is 11.9 Å². The summed E-state index contributed by atoms with van der Waals surface area (Å²) in [6.07, 6.45) is -0.250. The van der Waals surface area contributed by atoms with Gasteiger partial charge >= 0.3 is 0 Å². The summed E-state index contributed by atoms with van der Waals surface area (Å²) in [6.45, 7) is 1.60. The number of rotatable bonds is 4. The molecule has 0 aliphatic rings. The molecular weight excluding hydrogens is 327 g/mol. The Balaban J connectivity index is 2.03. The van der Waals surface area contributed by atoms with Crippen molar-refractivity contribution in [3.05, 3.63) is 58.0 Å². The monoisotopic (exact) mass is 342 g/mol. The van der Waals surface area contributed by atoms with Gasteiger partial charge in [0.25, 0.3) is 0 Å². The average Bonchev–Trinajstić information content (AvgIpc) is 3.14. The van der Waals surface area contributed by atoms with Gasteiger partial charge in [0.2, 0.25) is 0 Å². The Bertz CT molecular complexity index is 923. The number of benzene rings is 1. The maximum Gasteiger partial charge on any atom is 0.162 e. The van der Waals surface area contributed by atoms with Gasteiger partial charge < -0.3 is 5.11 Å². The molecule has 0 amide bonds. The van der Waals surface area contributed by atoms with E-state index in [0.29, 0.717) is 23.2 Å². The van der Waals surface area contributed by atoms with Gasteiger partial charge in [0.05, 0.1) is 11.8 Å². The first-order chi connectivity index (χ1) is 11.5. The highest BCUT2D eigenvalue weighted by Crippen LogP contribution is 2.32. The number of nitrogens with zero attached hydrogens (tertiary/aromatic N) is 4. The number of nitriles is 1. The highest BCUT2D eigenvalue weighted by molar-refractivity contribution is 7.04. The van der Waals surface area contributed by atoms with E-state index in [0.717, 1.165) is 17.0 Å². The number of aromatic nitrogens is 3. The molecule has 0 aliphatic carbocycles. The van der Waals surface area contributed by atoms with Crippen molar-refractivity contribution in [2.75, 3.05) is 0 Å². The van der Waals surface area contributed by atoms with Crippen LogP contribution in [0.2, 0.25) is 0 Å². The third kappa shape index (κ3) is 3.07. The number of aliphatic hydroxyl groups excluding tert-OH is 1. The molecule has 1 atom stereocenters. The third-order valence-electron chi connectivity index (χ3n) is 3.82. The summed E-state index contributed by atoms with van der Waals surface area (Å²) in [4.78, 5) is 0. The molecule has 1 N–H and O–H groups in total. The lowest BCUT2D eigenvalue weighted by atomic mass is 9.97. The van der Waals surface area contributed by atoms with Gasteiger partial charge in [0.15, 0.2) is 5.69 Å². The van der Waals surface area contributed by atoms with Crippen LogP contribution in [0, 0.1) is 17.1 Å². The van der Waals surface area contributed by atoms with E-state index >= 15 is 0 Å². The fourth-order valence-electron chi connectivity index (χ4n) is 2.62. The molecule has 0 aliphatic heterocycles. The molecule has 5 nitrogen and oxygen atoms in total. The molecule has 0 radical (unpaired) electrons. The van der Waals surface area contributed by atoms with E-state index in [9.17, 15) is 9.50 Å². The molecule has 1 unspecified atom stereocenters.